The first-order valence-electron chi connectivity index (χ1n) is 7.13. The third-order valence-electron chi connectivity index (χ3n) is 4.14. The molecule has 1 aliphatic rings. The molecule has 1 atom stereocenters. The van der Waals surface area contributed by atoms with Crippen molar-refractivity contribution in [3.63, 3.8) is 0 Å². The van der Waals surface area contributed by atoms with E-state index >= 15 is 0 Å². The molecular weight excluding hydrogens is 270 g/mol. The van der Waals surface area contributed by atoms with E-state index in [0.29, 0.717) is 11.5 Å². The van der Waals surface area contributed by atoms with Crippen LogP contribution in [0.25, 0.3) is 0 Å². The van der Waals surface area contributed by atoms with Crippen molar-refractivity contribution in [2.75, 3.05) is 6.54 Å². The summed E-state index contributed by atoms with van der Waals surface area (Å²) < 4.78 is 2.11. The van der Waals surface area contributed by atoms with Gasteiger partial charge in [-0.2, -0.15) is 0 Å². The summed E-state index contributed by atoms with van der Waals surface area (Å²) in [7, 11) is 0. The third-order valence-corrected chi connectivity index (χ3v) is 4.39. The van der Waals surface area contributed by atoms with Crippen LogP contribution < -0.4 is 5.32 Å². The fourth-order valence-corrected chi connectivity index (χ4v) is 2.79. The highest BCUT2D eigenvalue weighted by Crippen LogP contribution is 2.47. The molecule has 2 aromatic rings. The van der Waals surface area contributed by atoms with Gasteiger partial charge in [-0.15, -0.1) is 0 Å². The standard InChI is InChI=1S/C16H20ClN3/c1-13(10-20-9-8-18-12-20)19-11-16(6-7-16)14-2-4-15(17)5-3-14/h2-5,8-9,12-13,19H,6-7,10-11H2,1H3/t13-/m1/s1. The van der Waals surface area contributed by atoms with Gasteiger partial charge in [0.25, 0.3) is 0 Å². The Bertz CT molecular complexity index is 544. The minimum absolute atomic E-state index is 0.327. The topological polar surface area (TPSA) is 29.9 Å². The van der Waals surface area contributed by atoms with Crippen molar-refractivity contribution in [1.29, 1.82) is 0 Å². The van der Waals surface area contributed by atoms with Crippen molar-refractivity contribution in [2.24, 2.45) is 0 Å². The second kappa shape index (κ2) is 5.58. The number of nitrogens with zero attached hydrogens (tertiary/aromatic N) is 2. The number of benzene rings is 1. The molecular formula is C16H20ClN3. The van der Waals surface area contributed by atoms with Gasteiger partial charge in [0.15, 0.2) is 0 Å². The van der Waals surface area contributed by atoms with Crippen molar-refractivity contribution in [2.45, 2.75) is 37.8 Å². The van der Waals surface area contributed by atoms with Crippen molar-refractivity contribution in [3.8, 4) is 0 Å². The lowest BCUT2D eigenvalue weighted by molar-refractivity contribution is 0.447. The van der Waals surface area contributed by atoms with Gasteiger partial charge >= 0.3 is 0 Å². The normalized spacial score (nSPS) is 17.9. The maximum Gasteiger partial charge on any atom is 0.0946 e. The number of nitrogens with one attached hydrogen (secondary N) is 1. The van der Waals surface area contributed by atoms with Gasteiger partial charge in [0.05, 0.1) is 6.33 Å². The molecule has 0 bridgehead atoms. The fraction of sp³-hybridized carbons (Fsp3) is 0.438. The highest BCUT2D eigenvalue weighted by atomic mass is 35.5. The van der Waals surface area contributed by atoms with E-state index < -0.39 is 0 Å². The van der Waals surface area contributed by atoms with Crippen LogP contribution in [0.15, 0.2) is 43.0 Å². The van der Waals surface area contributed by atoms with E-state index in [1.54, 1.807) is 0 Å². The lowest BCUT2D eigenvalue weighted by Crippen LogP contribution is -2.36. The first-order chi connectivity index (χ1) is 9.68. The van der Waals surface area contributed by atoms with Crippen LogP contribution in [0.5, 0.6) is 0 Å². The number of aromatic nitrogens is 2. The Morgan fingerprint density at radius 1 is 1.35 bits per heavy atom. The van der Waals surface area contributed by atoms with Crippen molar-refractivity contribution in [3.05, 3.63) is 53.6 Å². The van der Waals surface area contributed by atoms with Crippen LogP contribution in [0.4, 0.5) is 0 Å². The Balaban J connectivity index is 1.56. The number of halogens is 1. The Morgan fingerprint density at radius 3 is 2.70 bits per heavy atom. The second-order valence-corrected chi connectivity index (χ2v) is 6.27. The van der Waals surface area contributed by atoms with Gasteiger partial charge in [0.1, 0.15) is 0 Å². The molecule has 0 radical (unpaired) electrons. The van der Waals surface area contributed by atoms with E-state index in [-0.39, 0.29) is 0 Å². The molecule has 0 saturated heterocycles. The van der Waals surface area contributed by atoms with Crippen LogP contribution >= 0.6 is 11.6 Å². The van der Waals surface area contributed by atoms with Gasteiger partial charge < -0.3 is 9.88 Å². The molecule has 1 saturated carbocycles. The van der Waals surface area contributed by atoms with Gasteiger partial charge in [-0.1, -0.05) is 23.7 Å². The van der Waals surface area contributed by atoms with Crippen LogP contribution in [-0.2, 0) is 12.0 Å². The van der Waals surface area contributed by atoms with E-state index in [2.05, 4.69) is 33.9 Å². The van der Waals surface area contributed by atoms with Crippen LogP contribution in [0.3, 0.4) is 0 Å². The lowest BCUT2D eigenvalue weighted by atomic mass is 9.96. The Kier molecular flexibility index (Phi) is 3.81. The molecule has 1 aromatic heterocycles. The molecule has 0 spiro atoms. The SMILES string of the molecule is C[C@H](Cn1ccnc1)NCC1(c2ccc(Cl)cc2)CC1. The predicted octanol–water partition coefficient (Wildman–Crippen LogP) is 3.25. The Hall–Kier alpha value is -1.32. The fourth-order valence-electron chi connectivity index (χ4n) is 2.67. The zero-order valence-electron chi connectivity index (χ0n) is 11.7. The van der Waals surface area contributed by atoms with Crippen LogP contribution in [0.1, 0.15) is 25.3 Å². The summed E-state index contributed by atoms with van der Waals surface area (Å²) in [6.07, 6.45) is 8.22. The highest BCUT2D eigenvalue weighted by molar-refractivity contribution is 6.30. The largest absolute Gasteiger partial charge is 0.336 e. The summed E-state index contributed by atoms with van der Waals surface area (Å²) in [4.78, 5) is 4.07. The maximum atomic E-state index is 5.96. The summed E-state index contributed by atoms with van der Waals surface area (Å²) in [5.74, 6) is 0. The molecule has 1 aliphatic carbocycles. The smallest absolute Gasteiger partial charge is 0.0946 e. The molecule has 106 valence electrons. The summed E-state index contributed by atoms with van der Waals surface area (Å²) in [6.45, 7) is 4.21. The Morgan fingerprint density at radius 2 is 2.10 bits per heavy atom. The maximum absolute atomic E-state index is 5.96. The van der Waals surface area contributed by atoms with Gasteiger partial charge in [0, 0.05) is 42.0 Å². The van der Waals surface area contributed by atoms with E-state index in [4.69, 9.17) is 11.6 Å². The minimum atomic E-state index is 0.327. The number of rotatable bonds is 6. The molecule has 1 N–H and O–H groups in total. The number of imidazole rings is 1. The van der Waals surface area contributed by atoms with Gasteiger partial charge in [-0.05, 0) is 37.5 Å². The van der Waals surface area contributed by atoms with E-state index in [1.165, 1.54) is 18.4 Å². The summed E-state index contributed by atoms with van der Waals surface area (Å²) in [5, 5.41) is 4.47. The lowest BCUT2D eigenvalue weighted by Gasteiger charge is -2.21. The first-order valence-corrected chi connectivity index (χ1v) is 7.51. The first kappa shape index (κ1) is 13.7. The van der Waals surface area contributed by atoms with Gasteiger partial charge in [-0.25, -0.2) is 4.98 Å². The molecule has 1 heterocycles. The molecule has 1 aromatic carbocycles. The average molecular weight is 290 g/mol. The third kappa shape index (κ3) is 3.05. The van der Waals surface area contributed by atoms with Crippen molar-refractivity contribution >= 4 is 11.6 Å². The monoisotopic (exact) mass is 289 g/mol. The number of hydrogen-bond donors (Lipinski definition) is 1. The van der Waals surface area contributed by atoms with Gasteiger partial charge in [0.2, 0.25) is 0 Å². The molecule has 0 aliphatic heterocycles. The van der Waals surface area contributed by atoms with Crippen LogP contribution in [0.2, 0.25) is 5.02 Å². The zero-order chi connectivity index (χ0) is 14.0. The molecule has 3 rings (SSSR count). The van der Waals surface area contributed by atoms with Crippen molar-refractivity contribution < 1.29 is 0 Å². The minimum Gasteiger partial charge on any atom is -0.336 e. The van der Waals surface area contributed by atoms with E-state index in [9.17, 15) is 0 Å². The molecule has 20 heavy (non-hydrogen) atoms. The predicted molar refractivity (Wildman–Crippen MR) is 82.1 cm³/mol. The molecule has 0 unspecified atom stereocenters. The summed E-state index contributed by atoms with van der Waals surface area (Å²) >= 11 is 5.96. The molecule has 3 nitrogen and oxygen atoms in total. The summed E-state index contributed by atoms with van der Waals surface area (Å²) in [6, 6.07) is 8.75. The summed E-state index contributed by atoms with van der Waals surface area (Å²) in [5.41, 5.74) is 1.73. The Labute approximate surface area is 125 Å². The molecule has 4 heteroatoms. The average Bonchev–Trinajstić information content (AvgIpc) is 3.07. The second-order valence-electron chi connectivity index (χ2n) is 5.83. The quantitative estimate of drug-likeness (QED) is 0.885. The number of hydrogen-bond acceptors (Lipinski definition) is 2. The van der Waals surface area contributed by atoms with E-state index in [0.717, 1.165) is 18.1 Å². The van der Waals surface area contributed by atoms with Crippen LogP contribution in [-0.4, -0.2) is 22.1 Å². The van der Waals surface area contributed by atoms with E-state index in [1.807, 2.05) is 30.9 Å². The highest BCUT2D eigenvalue weighted by Gasteiger charge is 2.43. The van der Waals surface area contributed by atoms with Crippen LogP contribution in [0, 0.1) is 0 Å². The molecule has 0 amide bonds. The zero-order valence-corrected chi connectivity index (χ0v) is 12.5. The van der Waals surface area contributed by atoms with Crippen molar-refractivity contribution in [1.82, 2.24) is 14.9 Å². The molecule has 1 fully saturated rings. The van der Waals surface area contributed by atoms with Gasteiger partial charge in [-0.3, -0.25) is 0 Å².